The van der Waals surface area contributed by atoms with Gasteiger partial charge in [0.15, 0.2) is 11.6 Å². The summed E-state index contributed by atoms with van der Waals surface area (Å²) in [6.07, 6.45) is 1.57. The van der Waals surface area contributed by atoms with Gasteiger partial charge < -0.3 is 10.1 Å². The first-order chi connectivity index (χ1) is 13.0. The van der Waals surface area contributed by atoms with E-state index < -0.39 is 11.6 Å². The number of ether oxygens (including phenoxy) is 1. The van der Waals surface area contributed by atoms with Gasteiger partial charge in [-0.25, -0.2) is 13.8 Å². The number of benzene rings is 1. The third-order valence-electron chi connectivity index (χ3n) is 4.40. The van der Waals surface area contributed by atoms with Crippen LogP contribution in [0.15, 0.2) is 36.5 Å². The Labute approximate surface area is 157 Å². The Kier molecular flexibility index (Phi) is 5.81. The number of aromatic nitrogens is 3. The molecule has 0 saturated heterocycles. The summed E-state index contributed by atoms with van der Waals surface area (Å²) in [5.74, 6) is -1.20. The molecule has 1 aromatic carbocycles. The van der Waals surface area contributed by atoms with E-state index in [9.17, 15) is 8.78 Å². The number of halogens is 2. The number of pyridine rings is 1. The van der Waals surface area contributed by atoms with E-state index in [4.69, 9.17) is 4.74 Å². The fraction of sp³-hybridized carbons (Fsp3) is 0.300. The van der Waals surface area contributed by atoms with Crippen LogP contribution in [0.2, 0.25) is 0 Å². The zero-order valence-electron chi connectivity index (χ0n) is 15.6. The van der Waals surface area contributed by atoms with Crippen LogP contribution in [0.5, 0.6) is 11.6 Å². The SMILES string of the molecule is CCn1nc(C)c(CNCc2cccnc2Oc2ccc(F)cc2F)c1C. The van der Waals surface area contributed by atoms with Crippen LogP contribution in [0.4, 0.5) is 8.78 Å². The van der Waals surface area contributed by atoms with Crippen molar-refractivity contribution in [3.8, 4) is 11.6 Å². The molecular weight excluding hydrogens is 350 g/mol. The predicted octanol–water partition coefficient (Wildman–Crippen LogP) is 4.28. The number of nitrogens with one attached hydrogen (secondary N) is 1. The van der Waals surface area contributed by atoms with Crippen molar-refractivity contribution in [3.63, 3.8) is 0 Å². The Morgan fingerprint density at radius 2 is 1.96 bits per heavy atom. The molecule has 3 rings (SSSR count). The monoisotopic (exact) mass is 372 g/mol. The summed E-state index contributed by atoms with van der Waals surface area (Å²) < 4.78 is 34.4. The average Bonchev–Trinajstić information content (AvgIpc) is 2.92. The minimum Gasteiger partial charge on any atom is -0.436 e. The van der Waals surface area contributed by atoms with Crippen molar-refractivity contribution in [2.75, 3.05) is 0 Å². The van der Waals surface area contributed by atoms with Crippen LogP contribution in [0.1, 0.15) is 29.4 Å². The van der Waals surface area contributed by atoms with Crippen LogP contribution >= 0.6 is 0 Å². The van der Waals surface area contributed by atoms with Crippen molar-refractivity contribution in [1.29, 1.82) is 0 Å². The van der Waals surface area contributed by atoms with Gasteiger partial charge in [0, 0.05) is 48.7 Å². The fourth-order valence-corrected chi connectivity index (χ4v) is 2.93. The van der Waals surface area contributed by atoms with Crippen molar-refractivity contribution in [1.82, 2.24) is 20.1 Å². The molecule has 3 aromatic rings. The van der Waals surface area contributed by atoms with Gasteiger partial charge in [0.05, 0.1) is 5.69 Å². The lowest BCUT2D eigenvalue weighted by Crippen LogP contribution is -2.15. The second-order valence-corrected chi connectivity index (χ2v) is 6.21. The zero-order valence-corrected chi connectivity index (χ0v) is 15.6. The summed E-state index contributed by atoms with van der Waals surface area (Å²) in [5.41, 5.74) is 4.07. The highest BCUT2D eigenvalue weighted by molar-refractivity contribution is 5.33. The van der Waals surface area contributed by atoms with Gasteiger partial charge in [0.2, 0.25) is 5.88 Å². The lowest BCUT2D eigenvalue weighted by Gasteiger charge is -2.11. The van der Waals surface area contributed by atoms with E-state index in [1.54, 1.807) is 12.3 Å². The van der Waals surface area contributed by atoms with Gasteiger partial charge in [-0.15, -0.1) is 0 Å². The van der Waals surface area contributed by atoms with Gasteiger partial charge in [-0.05, 0) is 39.0 Å². The first-order valence-corrected chi connectivity index (χ1v) is 8.80. The normalized spacial score (nSPS) is 11.0. The molecular formula is C20H22F2N4O. The summed E-state index contributed by atoms with van der Waals surface area (Å²) in [5, 5.41) is 7.87. The quantitative estimate of drug-likeness (QED) is 0.673. The minimum absolute atomic E-state index is 0.0627. The molecule has 7 heteroatoms. The molecule has 2 aromatic heterocycles. The van der Waals surface area contributed by atoms with Gasteiger partial charge >= 0.3 is 0 Å². The molecule has 142 valence electrons. The fourth-order valence-electron chi connectivity index (χ4n) is 2.93. The van der Waals surface area contributed by atoms with Gasteiger partial charge in [0.1, 0.15) is 5.82 Å². The van der Waals surface area contributed by atoms with Gasteiger partial charge in [-0.1, -0.05) is 6.07 Å². The maximum absolute atomic E-state index is 13.8. The van der Waals surface area contributed by atoms with E-state index in [1.165, 1.54) is 6.07 Å². The second kappa shape index (κ2) is 8.26. The maximum atomic E-state index is 13.8. The van der Waals surface area contributed by atoms with Gasteiger partial charge in [-0.3, -0.25) is 4.68 Å². The molecule has 5 nitrogen and oxygen atoms in total. The minimum atomic E-state index is -0.766. The molecule has 0 amide bonds. The molecule has 0 spiro atoms. The second-order valence-electron chi connectivity index (χ2n) is 6.21. The zero-order chi connectivity index (χ0) is 19.4. The Hall–Kier alpha value is -2.80. The van der Waals surface area contributed by atoms with Crippen LogP contribution in [-0.2, 0) is 19.6 Å². The highest BCUT2D eigenvalue weighted by Gasteiger charge is 2.13. The molecule has 1 N–H and O–H groups in total. The van der Waals surface area contributed by atoms with Crippen molar-refractivity contribution in [3.05, 3.63) is 70.7 Å². The molecule has 2 heterocycles. The third-order valence-corrected chi connectivity index (χ3v) is 4.40. The highest BCUT2D eigenvalue weighted by Crippen LogP contribution is 2.26. The summed E-state index contributed by atoms with van der Waals surface area (Å²) in [6.45, 7) is 8.07. The van der Waals surface area contributed by atoms with E-state index in [2.05, 4.69) is 29.2 Å². The summed E-state index contributed by atoms with van der Waals surface area (Å²) in [4.78, 5) is 4.18. The van der Waals surface area contributed by atoms with E-state index >= 15 is 0 Å². The predicted molar refractivity (Wildman–Crippen MR) is 98.6 cm³/mol. The number of hydrogen-bond acceptors (Lipinski definition) is 4. The number of hydrogen-bond donors (Lipinski definition) is 1. The number of rotatable bonds is 7. The standard InChI is InChI=1S/C20H22F2N4O/c1-4-26-14(3)17(13(2)25-26)12-23-11-15-6-5-9-24-20(15)27-19-8-7-16(21)10-18(19)22/h5-10,23H,4,11-12H2,1-3H3. The Morgan fingerprint density at radius 3 is 2.67 bits per heavy atom. The van der Waals surface area contributed by atoms with Crippen molar-refractivity contribution < 1.29 is 13.5 Å². The average molecular weight is 372 g/mol. The summed E-state index contributed by atoms with van der Waals surface area (Å²) >= 11 is 0. The molecule has 0 fully saturated rings. The van der Waals surface area contributed by atoms with Crippen LogP contribution in [0.25, 0.3) is 0 Å². The number of aryl methyl sites for hydroxylation is 2. The van der Waals surface area contributed by atoms with E-state index in [1.807, 2.05) is 17.7 Å². The maximum Gasteiger partial charge on any atom is 0.223 e. The lowest BCUT2D eigenvalue weighted by molar-refractivity contribution is 0.417. The molecule has 0 aliphatic carbocycles. The van der Waals surface area contributed by atoms with Crippen molar-refractivity contribution in [2.45, 2.75) is 40.4 Å². The molecule has 0 aliphatic rings. The molecule has 0 aliphatic heterocycles. The number of nitrogens with zero attached hydrogens (tertiary/aromatic N) is 3. The van der Waals surface area contributed by atoms with Gasteiger partial charge in [0.25, 0.3) is 0 Å². The van der Waals surface area contributed by atoms with Crippen LogP contribution in [-0.4, -0.2) is 14.8 Å². The van der Waals surface area contributed by atoms with Crippen LogP contribution in [0, 0.1) is 25.5 Å². The van der Waals surface area contributed by atoms with Crippen LogP contribution in [0.3, 0.4) is 0 Å². The topological polar surface area (TPSA) is 52.0 Å². The van der Waals surface area contributed by atoms with Crippen LogP contribution < -0.4 is 10.1 Å². The smallest absolute Gasteiger partial charge is 0.223 e. The Morgan fingerprint density at radius 1 is 1.15 bits per heavy atom. The molecule has 0 radical (unpaired) electrons. The van der Waals surface area contributed by atoms with Gasteiger partial charge in [-0.2, -0.15) is 5.10 Å². The molecule has 0 unspecified atom stereocenters. The molecule has 0 atom stereocenters. The van der Waals surface area contributed by atoms with Crippen molar-refractivity contribution in [2.24, 2.45) is 0 Å². The Bertz CT molecular complexity index is 940. The van der Waals surface area contributed by atoms with E-state index in [0.29, 0.717) is 13.1 Å². The van der Waals surface area contributed by atoms with Crippen molar-refractivity contribution >= 4 is 0 Å². The lowest BCUT2D eigenvalue weighted by atomic mass is 10.2. The third kappa shape index (κ3) is 4.31. The van der Waals surface area contributed by atoms with E-state index in [0.717, 1.165) is 41.2 Å². The summed E-state index contributed by atoms with van der Waals surface area (Å²) in [6, 6.07) is 6.83. The first-order valence-electron chi connectivity index (χ1n) is 8.80. The first kappa shape index (κ1) is 19.0. The molecule has 27 heavy (non-hydrogen) atoms. The Balaban J connectivity index is 1.70. The molecule has 0 bridgehead atoms. The summed E-state index contributed by atoms with van der Waals surface area (Å²) in [7, 11) is 0. The highest BCUT2D eigenvalue weighted by atomic mass is 19.1. The largest absolute Gasteiger partial charge is 0.436 e. The van der Waals surface area contributed by atoms with E-state index in [-0.39, 0.29) is 11.6 Å². The molecule has 0 saturated carbocycles.